The predicted molar refractivity (Wildman–Crippen MR) is 160 cm³/mol. The lowest BCUT2D eigenvalue weighted by atomic mass is 9.62. The summed E-state index contributed by atoms with van der Waals surface area (Å²) in [5.74, 6) is 0.669. The summed E-state index contributed by atoms with van der Waals surface area (Å²) in [5, 5.41) is 2.60. The Labute approximate surface area is 224 Å². The number of fused-ring (bicyclic) bond motifs is 8. The van der Waals surface area contributed by atoms with E-state index in [4.69, 9.17) is 0 Å². The van der Waals surface area contributed by atoms with Gasteiger partial charge in [-0.15, -0.1) is 0 Å². The molecule has 38 heavy (non-hydrogen) atoms. The Bertz CT molecular complexity index is 1840. The minimum absolute atomic E-state index is 0.173. The van der Waals surface area contributed by atoms with Crippen molar-refractivity contribution < 1.29 is 0 Å². The number of benzene rings is 5. The normalized spacial score (nSPS) is 20.2. The first-order valence-electron chi connectivity index (χ1n) is 14.1. The molecule has 184 valence electrons. The molecule has 1 aromatic heterocycles. The van der Waals surface area contributed by atoms with Crippen LogP contribution in [0.1, 0.15) is 43.7 Å². The number of aromatic nitrogens is 1. The summed E-state index contributed by atoms with van der Waals surface area (Å²) in [4.78, 5) is 0. The van der Waals surface area contributed by atoms with Crippen molar-refractivity contribution in [2.45, 2.75) is 38.0 Å². The van der Waals surface area contributed by atoms with Crippen LogP contribution in [0.4, 0.5) is 0 Å². The van der Waals surface area contributed by atoms with Crippen molar-refractivity contribution >= 4 is 21.8 Å². The highest BCUT2D eigenvalue weighted by Crippen LogP contribution is 2.58. The quantitative estimate of drug-likeness (QED) is 0.228. The van der Waals surface area contributed by atoms with Gasteiger partial charge in [-0.25, -0.2) is 0 Å². The summed E-state index contributed by atoms with van der Waals surface area (Å²) in [7, 11) is 0. The third kappa shape index (κ3) is 2.93. The zero-order valence-corrected chi connectivity index (χ0v) is 21.8. The van der Waals surface area contributed by atoms with Crippen molar-refractivity contribution in [2.24, 2.45) is 5.92 Å². The van der Waals surface area contributed by atoms with E-state index in [0.29, 0.717) is 5.92 Å². The zero-order chi connectivity index (χ0) is 25.3. The van der Waals surface area contributed by atoms with E-state index in [9.17, 15) is 0 Å². The van der Waals surface area contributed by atoms with Crippen LogP contribution in [-0.2, 0) is 5.41 Å². The van der Waals surface area contributed by atoms with Crippen LogP contribution in [0.25, 0.3) is 49.7 Å². The van der Waals surface area contributed by atoms with Crippen LogP contribution in [0, 0.1) is 5.92 Å². The van der Waals surface area contributed by atoms with E-state index in [-0.39, 0.29) is 5.41 Å². The van der Waals surface area contributed by atoms with Crippen LogP contribution in [0.15, 0.2) is 115 Å². The molecule has 1 spiro atoms. The van der Waals surface area contributed by atoms with Crippen molar-refractivity contribution in [3.8, 4) is 27.9 Å². The average Bonchev–Trinajstić information content (AvgIpc) is 3.45. The van der Waals surface area contributed by atoms with Gasteiger partial charge in [0.05, 0.1) is 11.0 Å². The van der Waals surface area contributed by atoms with E-state index in [1.165, 1.54) is 75.4 Å². The van der Waals surface area contributed by atoms with E-state index in [2.05, 4.69) is 127 Å². The fourth-order valence-corrected chi connectivity index (χ4v) is 7.74. The van der Waals surface area contributed by atoms with Crippen molar-refractivity contribution in [2.75, 3.05) is 0 Å². The standard InChI is InChI=1S/C37H31N/c1-25-11-9-10-22-37(25)33-16-7-5-14-29(33)32-23-26(19-21-34(32)37)27-18-20-31-30-15-6-8-17-35(30)38(36(31)24-27)28-12-3-2-4-13-28/h2-8,12-21,23-25H,9-11,22H2,1H3. The van der Waals surface area contributed by atoms with Gasteiger partial charge < -0.3 is 4.57 Å². The van der Waals surface area contributed by atoms with Gasteiger partial charge in [0, 0.05) is 21.9 Å². The van der Waals surface area contributed by atoms with E-state index in [1.54, 1.807) is 11.1 Å². The molecule has 0 saturated heterocycles. The summed E-state index contributed by atoms with van der Waals surface area (Å²) in [6, 6.07) is 43.1. The van der Waals surface area contributed by atoms with Crippen LogP contribution in [0.5, 0.6) is 0 Å². The van der Waals surface area contributed by atoms with Crippen molar-refractivity contribution in [1.29, 1.82) is 0 Å². The number of nitrogens with zero attached hydrogens (tertiary/aromatic N) is 1. The second kappa shape index (κ2) is 8.20. The van der Waals surface area contributed by atoms with E-state index in [1.807, 2.05) is 0 Å². The second-order valence-corrected chi connectivity index (χ2v) is 11.3. The number of hydrogen-bond acceptors (Lipinski definition) is 0. The van der Waals surface area contributed by atoms with Crippen LogP contribution >= 0.6 is 0 Å². The topological polar surface area (TPSA) is 4.93 Å². The first kappa shape index (κ1) is 21.9. The van der Waals surface area contributed by atoms with E-state index < -0.39 is 0 Å². The SMILES string of the molecule is CC1CCCCC12c1ccccc1-c1cc(-c3ccc4c5ccccc5n(-c5ccccc5)c4c3)ccc12. The fraction of sp³-hybridized carbons (Fsp3) is 0.189. The molecule has 1 heterocycles. The Kier molecular flexibility index (Phi) is 4.73. The summed E-state index contributed by atoms with van der Waals surface area (Å²) < 4.78 is 2.41. The number of rotatable bonds is 2. The predicted octanol–water partition coefficient (Wildman–Crippen LogP) is 9.93. The Morgan fingerprint density at radius 1 is 0.605 bits per heavy atom. The van der Waals surface area contributed by atoms with Crippen LogP contribution in [0.3, 0.4) is 0 Å². The second-order valence-electron chi connectivity index (χ2n) is 11.3. The molecule has 0 bridgehead atoms. The molecule has 5 aromatic carbocycles. The van der Waals surface area contributed by atoms with E-state index >= 15 is 0 Å². The number of para-hydroxylation sites is 2. The lowest BCUT2D eigenvalue weighted by Crippen LogP contribution is -2.35. The molecule has 0 radical (unpaired) electrons. The van der Waals surface area contributed by atoms with Crippen molar-refractivity contribution in [3.63, 3.8) is 0 Å². The van der Waals surface area contributed by atoms with Gasteiger partial charge >= 0.3 is 0 Å². The van der Waals surface area contributed by atoms with Gasteiger partial charge in [0.1, 0.15) is 0 Å². The smallest absolute Gasteiger partial charge is 0.0547 e. The van der Waals surface area contributed by atoms with Crippen LogP contribution in [0.2, 0.25) is 0 Å². The highest BCUT2D eigenvalue weighted by molar-refractivity contribution is 6.10. The van der Waals surface area contributed by atoms with Crippen LogP contribution < -0.4 is 0 Å². The maximum atomic E-state index is 2.48. The largest absolute Gasteiger partial charge is 0.309 e. The van der Waals surface area contributed by atoms with Crippen LogP contribution in [-0.4, -0.2) is 4.57 Å². The summed E-state index contributed by atoms with van der Waals surface area (Å²) >= 11 is 0. The number of hydrogen-bond donors (Lipinski definition) is 0. The molecule has 0 aliphatic heterocycles. The first-order chi connectivity index (χ1) is 18.8. The molecule has 2 atom stereocenters. The van der Waals surface area contributed by atoms with Gasteiger partial charge in [-0.05, 0) is 82.5 Å². The minimum Gasteiger partial charge on any atom is -0.309 e. The monoisotopic (exact) mass is 489 g/mol. The van der Waals surface area contributed by atoms with Crippen molar-refractivity contribution in [3.05, 3.63) is 126 Å². The Morgan fingerprint density at radius 2 is 1.32 bits per heavy atom. The molecular weight excluding hydrogens is 458 g/mol. The highest BCUT2D eigenvalue weighted by atomic mass is 15.0. The third-order valence-electron chi connectivity index (χ3n) is 9.52. The molecule has 2 unspecified atom stereocenters. The molecule has 0 amide bonds. The van der Waals surface area contributed by atoms with Gasteiger partial charge in [0.2, 0.25) is 0 Å². The first-order valence-corrected chi connectivity index (χ1v) is 14.1. The Balaban J connectivity index is 1.34. The molecule has 0 N–H and O–H groups in total. The van der Waals surface area contributed by atoms with Gasteiger partial charge in [-0.3, -0.25) is 0 Å². The Hall–Kier alpha value is -4.10. The molecule has 1 heteroatoms. The fourth-order valence-electron chi connectivity index (χ4n) is 7.74. The molecule has 2 aliphatic carbocycles. The third-order valence-corrected chi connectivity index (χ3v) is 9.52. The molecule has 1 nitrogen and oxygen atoms in total. The average molecular weight is 490 g/mol. The highest BCUT2D eigenvalue weighted by Gasteiger charge is 2.47. The van der Waals surface area contributed by atoms with Crippen molar-refractivity contribution in [1.82, 2.24) is 4.57 Å². The summed E-state index contributed by atoms with van der Waals surface area (Å²) in [5.41, 5.74) is 12.4. The maximum Gasteiger partial charge on any atom is 0.0547 e. The molecule has 2 aliphatic rings. The molecule has 8 rings (SSSR count). The molecule has 1 saturated carbocycles. The molecule has 1 fully saturated rings. The van der Waals surface area contributed by atoms with Gasteiger partial charge in [0.25, 0.3) is 0 Å². The zero-order valence-electron chi connectivity index (χ0n) is 21.8. The summed E-state index contributed by atoms with van der Waals surface area (Å²) in [6.45, 7) is 2.48. The Morgan fingerprint density at radius 3 is 2.21 bits per heavy atom. The molecule has 6 aromatic rings. The lowest BCUT2D eigenvalue weighted by molar-refractivity contribution is 0.249. The summed E-state index contributed by atoms with van der Waals surface area (Å²) in [6.07, 6.45) is 5.26. The van der Waals surface area contributed by atoms with Gasteiger partial charge in [-0.1, -0.05) is 105 Å². The van der Waals surface area contributed by atoms with E-state index in [0.717, 1.165) is 0 Å². The van der Waals surface area contributed by atoms with Gasteiger partial charge in [0.15, 0.2) is 0 Å². The van der Waals surface area contributed by atoms with Gasteiger partial charge in [-0.2, -0.15) is 0 Å². The lowest BCUT2D eigenvalue weighted by Gasteiger charge is -2.41. The minimum atomic E-state index is 0.173. The molecular formula is C37H31N. The maximum absolute atomic E-state index is 2.48.